The highest BCUT2D eigenvalue weighted by Gasteiger charge is 2.15. The van der Waals surface area contributed by atoms with E-state index in [1.807, 2.05) is 0 Å². The lowest BCUT2D eigenvalue weighted by Crippen LogP contribution is -2.04. The molecule has 0 radical (unpaired) electrons. The minimum absolute atomic E-state index is 0.0151. The molecule has 0 saturated heterocycles. The fourth-order valence-corrected chi connectivity index (χ4v) is 1.56. The molecule has 92 valence electrons. The molecule has 0 unspecified atom stereocenters. The van der Waals surface area contributed by atoms with Gasteiger partial charge in [0.25, 0.3) is 0 Å². The first-order valence-electron chi connectivity index (χ1n) is 5.06. The topological polar surface area (TPSA) is 69.4 Å². The zero-order valence-electron chi connectivity index (χ0n) is 9.31. The first kappa shape index (κ1) is 13.6. The number of hydrogen-bond donors (Lipinski definition) is 0. The predicted octanol–water partition coefficient (Wildman–Crippen LogP) is 2.50. The number of rotatable bonds is 6. The molecule has 6 heteroatoms. The van der Waals surface area contributed by atoms with Crippen molar-refractivity contribution in [2.45, 2.75) is 13.3 Å². The number of carbonyl (C=O) groups is 1. The minimum atomic E-state index is -0.499. The Balaban J connectivity index is 3.00. The molecule has 0 heterocycles. The van der Waals surface area contributed by atoms with Crippen LogP contribution in [0, 0.1) is 10.1 Å². The van der Waals surface area contributed by atoms with Gasteiger partial charge in [-0.05, 0) is 18.6 Å². The zero-order valence-corrected chi connectivity index (χ0v) is 10.9. The Kier molecular flexibility index (Phi) is 5.09. The number of Topliss-reactive ketones (excluding diaryl/α,β-unsaturated/α-hetero) is 1. The quantitative estimate of drug-likeness (QED) is 0.460. The van der Waals surface area contributed by atoms with Crippen molar-refractivity contribution in [3.8, 4) is 5.75 Å². The molecule has 0 spiro atoms. The van der Waals surface area contributed by atoms with E-state index in [2.05, 4.69) is 15.9 Å². The van der Waals surface area contributed by atoms with Gasteiger partial charge in [0, 0.05) is 12.5 Å². The average molecular weight is 302 g/mol. The highest BCUT2D eigenvalue weighted by atomic mass is 79.9. The molecule has 0 atom stereocenters. The molecule has 0 bridgehead atoms. The molecule has 5 nitrogen and oxygen atoms in total. The van der Waals surface area contributed by atoms with Gasteiger partial charge in [0.2, 0.25) is 0 Å². The van der Waals surface area contributed by atoms with Gasteiger partial charge < -0.3 is 4.74 Å². The molecular formula is C11H12BrNO4. The Hall–Kier alpha value is -1.43. The van der Waals surface area contributed by atoms with E-state index in [0.29, 0.717) is 12.2 Å². The van der Waals surface area contributed by atoms with E-state index in [1.54, 1.807) is 19.1 Å². The molecule has 1 rings (SSSR count). The third kappa shape index (κ3) is 3.81. The molecule has 0 aliphatic rings. The maximum absolute atomic E-state index is 11.2. The van der Waals surface area contributed by atoms with Gasteiger partial charge in [0.15, 0.2) is 5.75 Å². The molecule has 17 heavy (non-hydrogen) atoms. The number of halogens is 1. The Morgan fingerprint density at radius 3 is 2.76 bits per heavy atom. The van der Waals surface area contributed by atoms with E-state index in [0.717, 1.165) is 0 Å². The molecule has 0 aliphatic heterocycles. The van der Waals surface area contributed by atoms with Crippen LogP contribution in [0.25, 0.3) is 0 Å². The van der Waals surface area contributed by atoms with Crippen molar-refractivity contribution in [3.05, 3.63) is 33.9 Å². The summed E-state index contributed by atoms with van der Waals surface area (Å²) in [6.07, 6.45) is 0.239. The zero-order chi connectivity index (χ0) is 12.8. The Morgan fingerprint density at radius 2 is 2.24 bits per heavy atom. The summed E-state index contributed by atoms with van der Waals surface area (Å²) in [5.41, 5.74) is 0.630. The monoisotopic (exact) mass is 301 g/mol. The van der Waals surface area contributed by atoms with Crippen molar-refractivity contribution >= 4 is 27.4 Å². The van der Waals surface area contributed by atoms with Crippen LogP contribution in [0.1, 0.15) is 12.5 Å². The minimum Gasteiger partial charge on any atom is -0.487 e. The van der Waals surface area contributed by atoms with Crippen LogP contribution in [0.2, 0.25) is 0 Å². The predicted molar refractivity (Wildman–Crippen MR) is 66.8 cm³/mol. The van der Waals surface area contributed by atoms with Crippen molar-refractivity contribution in [3.63, 3.8) is 0 Å². The SMILES string of the molecule is CCOc1cc(CC(=O)CBr)ccc1[N+](=O)[O-]. The van der Waals surface area contributed by atoms with Crippen LogP contribution in [0.3, 0.4) is 0 Å². The lowest BCUT2D eigenvalue weighted by Gasteiger charge is -2.06. The van der Waals surface area contributed by atoms with Crippen LogP contribution < -0.4 is 4.74 Å². The number of ether oxygens (including phenoxy) is 1. The lowest BCUT2D eigenvalue weighted by molar-refractivity contribution is -0.385. The smallest absolute Gasteiger partial charge is 0.310 e. The fourth-order valence-electron chi connectivity index (χ4n) is 1.37. The summed E-state index contributed by atoms with van der Waals surface area (Å²) >= 11 is 3.07. The summed E-state index contributed by atoms with van der Waals surface area (Å²) in [5, 5.41) is 11.0. The van der Waals surface area contributed by atoms with Gasteiger partial charge in [-0.3, -0.25) is 14.9 Å². The number of nitro groups is 1. The number of ketones is 1. The summed E-state index contributed by atoms with van der Waals surface area (Å²) in [5.74, 6) is 0.221. The first-order valence-corrected chi connectivity index (χ1v) is 6.18. The maximum Gasteiger partial charge on any atom is 0.310 e. The van der Waals surface area contributed by atoms with E-state index in [4.69, 9.17) is 4.74 Å². The second-order valence-corrected chi connectivity index (χ2v) is 3.90. The van der Waals surface area contributed by atoms with E-state index in [9.17, 15) is 14.9 Å². The van der Waals surface area contributed by atoms with E-state index in [-0.39, 0.29) is 29.0 Å². The summed E-state index contributed by atoms with van der Waals surface area (Å²) in [6, 6.07) is 4.48. The van der Waals surface area contributed by atoms with Gasteiger partial charge in [0.1, 0.15) is 5.78 Å². The average Bonchev–Trinajstić information content (AvgIpc) is 2.29. The Morgan fingerprint density at radius 1 is 1.53 bits per heavy atom. The van der Waals surface area contributed by atoms with Crippen molar-refractivity contribution in [2.24, 2.45) is 0 Å². The summed E-state index contributed by atoms with van der Waals surface area (Å²) in [7, 11) is 0. The summed E-state index contributed by atoms with van der Waals surface area (Å²) in [4.78, 5) is 21.5. The normalized spacial score (nSPS) is 10.0. The van der Waals surface area contributed by atoms with Crippen LogP contribution >= 0.6 is 15.9 Å². The van der Waals surface area contributed by atoms with Crippen LogP contribution in [0.5, 0.6) is 5.75 Å². The van der Waals surface area contributed by atoms with Gasteiger partial charge in [0.05, 0.1) is 16.9 Å². The molecule has 0 N–H and O–H groups in total. The van der Waals surface area contributed by atoms with Gasteiger partial charge >= 0.3 is 5.69 Å². The molecular weight excluding hydrogens is 290 g/mol. The molecule has 0 aromatic heterocycles. The van der Waals surface area contributed by atoms with Gasteiger partial charge in [-0.2, -0.15) is 0 Å². The van der Waals surface area contributed by atoms with Gasteiger partial charge in [-0.25, -0.2) is 0 Å². The highest BCUT2D eigenvalue weighted by Crippen LogP contribution is 2.28. The number of hydrogen-bond acceptors (Lipinski definition) is 4. The molecule has 0 amide bonds. The second-order valence-electron chi connectivity index (χ2n) is 3.34. The molecule has 0 saturated carbocycles. The Bertz CT molecular complexity index is 433. The number of alkyl halides is 1. The van der Waals surface area contributed by atoms with Gasteiger partial charge in [-0.1, -0.05) is 22.0 Å². The number of nitrogens with zero attached hydrogens (tertiary/aromatic N) is 1. The molecule has 0 fully saturated rings. The van der Waals surface area contributed by atoms with Crippen LogP contribution in [-0.2, 0) is 11.2 Å². The van der Waals surface area contributed by atoms with Crippen LogP contribution in [0.15, 0.2) is 18.2 Å². The van der Waals surface area contributed by atoms with Gasteiger partial charge in [-0.15, -0.1) is 0 Å². The standard InChI is InChI=1S/C11H12BrNO4/c1-2-17-11-6-8(5-9(14)7-12)3-4-10(11)13(15)16/h3-4,6H,2,5,7H2,1H3. The van der Waals surface area contributed by atoms with E-state index >= 15 is 0 Å². The highest BCUT2D eigenvalue weighted by molar-refractivity contribution is 9.09. The largest absolute Gasteiger partial charge is 0.487 e. The Labute approximate surface area is 107 Å². The third-order valence-electron chi connectivity index (χ3n) is 2.07. The fraction of sp³-hybridized carbons (Fsp3) is 0.364. The molecule has 0 aliphatic carbocycles. The number of carbonyl (C=O) groups excluding carboxylic acids is 1. The second kappa shape index (κ2) is 6.34. The van der Waals surface area contributed by atoms with E-state index < -0.39 is 4.92 Å². The molecule has 1 aromatic carbocycles. The number of nitro benzene ring substituents is 1. The van der Waals surface area contributed by atoms with Crippen LogP contribution in [0.4, 0.5) is 5.69 Å². The first-order chi connectivity index (χ1) is 8.08. The lowest BCUT2D eigenvalue weighted by atomic mass is 10.1. The maximum atomic E-state index is 11.2. The summed E-state index contributed by atoms with van der Waals surface area (Å²) in [6.45, 7) is 2.09. The summed E-state index contributed by atoms with van der Waals surface area (Å²) < 4.78 is 5.19. The van der Waals surface area contributed by atoms with E-state index in [1.165, 1.54) is 6.07 Å². The van der Waals surface area contributed by atoms with Crippen molar-refractivity contribution in [1.29, 1.82) is 0 Å². The van der Waals surface area contributed by atoms with Crippen molar-refractivity contribution in [2.75, 3.05) is 11.9 Å². The van der Waals surface area contributed by atoms with Crippen LogP contribution in [-0.4, -0.2) is 22.6 Å². The molecule has 1 aromatic rings. The number of benzene rings is 1. The third-order valence-corrected chi connectivity index (χ3v) is 2.70. The van der Waals surface area contributed by atoms with Crippen molar-refractivity contribution in [1.82, 2.24) is 0 Å². The van der Waals surface area contributed by atoms with Crippen molar-refractivity contribution < 1.29 is 14.5 Å².